The van der Waals surface area contributed by atoms with Gasteiger partial charge in [0.2, 0.25) is 0 Å². The van der Waals surface area contributed by atoms with Crippen LogP contribution in [0.5, 0.6) is 0 Å². The van der Waals surface area contributed by atoms with Crippen LogP contribution in [0.1, 0.15) is 33.2 Å². The lowest BCUT2D eigenvalue weighted by Gasteiger charge is -2.27. The zero-order valence-corrected chi connectivity index (χ0v) is 16.1. The Labute approximate surface area is 172 Å². The fourth-order valence-electron chi connectivity index (χ4n) is 3.50. The molecule has 0 bridgehead atoms. The molecule has 0 atom stereocenters. The normalized spacial score (nSPS) is 13.3. The maximum atomic E-state index is 13.1. The Hall–Kier alpha value is -4.24. The van der Waals surface area contributed by atoms with Gasteiger partial charge in [-0.2, -0.15) is 5.26 Å². The summed E-state index contributed by atoms with van der Waals surface area (Å²) in [5.41, 5.74) is 1.79. The van der Waals surface area contributed by atoms with E-state index in [1.807, 2.05) is 18.2 Å². The summed E-state index contributed by atoms with van der Waals surface area (Å²) >= 11 is 0. The monoisotopic (exact) mass is 396 g/mol. The summed E-state index contributed by atoms with van der Waals surface area (Å²) in [4.78, 5) is 39.1. The second kappa shape index (κ2) is 7.64. The van der Waals surface area contributed by atoms with Gasteiger partial charge in [-0.1, -0.05) is 36.4 Å². The Morgan fingerprint density at radius 2 is 1.60 bits per heavy atom. The maximum Gasteiger partial charge on any atom is 0.348 e. The third kappa shape index (κ3) is 3.12. The molecule has 1 aliphatic heterocycles. The van der Waals surface area contributed by atoms with Crippen molar-refractivity contribution >= 4 is 40.3 Å². The van der Waals surface area contributed by atoms with E-state index < -0.39 is 17.8 Å². The average Bonchev–Trinajstić information content (AvgIpc) is 2.77. The van der Waals surface area contributed by atoms with E-state index in [4.69, 9.17) is 10.00 Å². The Balaban J connectivity index is 1.70. The molecule has 6 nitrogen and oxygen atoms in total. The number of carbonyl (C=O) groups is 3. The highest BCUT2D eigenvalue weighted by atomic mass is 16.5. The molecule has 2 amide bonds. The van der Waals surface area contributed by atoms with Crippen molar-refractivity contribution in [3.05, 3.63) is 82.9 Å². The summed E-state index contributed by atoms with van der Waals surface area (Å²) in [5.74, 6) is -1.48. The van der Waals surface area contributed by atoms with Crippen LogP contribution in [-0.4, -0.2) is 24.4 Å². The van der Waals surface area contributed by atoms with Crippen molar-refractivity contribution in [2.75, 3.05) is 11.5 Å². The standard InChI is InChI=1S/C24H16N2O4/c1-2-30-24(29)17(14-25)13-15-9-11-18(12-10-15)26-22(27)19-7-3-5-16-6-4-8-20(21(16)19)23(26)28/h3-13H,2H2,1H3. The van der Waals surface area contributed by atoms with Crippen molar-refractivity contribution < 1.29 is 19.1 Å². The maximum absolute atomic E-state index is 13.1. The highest BCUT2D eigenvalue weighted by Gasteiger charge is 2.33. The van der Waals surface area contributed by atoms with Crippen LogP contribution in [0.4, 0.5) is 5.69 Å². The van der Waals surface area contributed by atoms with E-state index >= 15 is 0 Å². The quantitative estimate of drug-likeness (QED) is 0.287. The van der Waals surface area contributed by atoms with Gasteiger partial charge < -0.3 is 4.74 Å². The van der Waals surface area contributed by atoms with Crippen LogP contribution in [0.25, 0.3) is 16.8 Å². The molecule has 0 radical (unpaired) electrons. The molecule has 6 heteroatoms. The summed E-state index contributed by atoms with van der Waals surface area (Å²) in [6.07, 6.45) is 1.40. The van der Waals surface area contributed by atoms with E-state index in [1.54, 1.807) is 55.5 Å². The second-order valence-electron chi connectivity index (χ2n) is 6.64. The number of carbonyl (C=O) groups excluding carboxylic acids is 3. The number of nitriles is 1. The number of imide groups is 1. The molecular formula is C24H16N2O4. The van der Waals surface area contributed by atoms with Gasteiger partial charge in [-0.05, 0) is 48.2 Å². The van der Waals surface area contributed by atoms with Crippen molar-refractivity contribution in [1.29, 1.82) is 5.26 Å². The number of esters is 1. The molecule has 0 saturated heterocycles. The van der Waals surface area contributed by atoms with Gasteiger partial charge in [-0.15, -0.1) is 0 Å². The predicted octanol–water partition coefficient (Wildman–Crippen LogP) is 4.11. The van der Waals surface area contributed by atoms with Crippen molar-refractivity contribution in [2.45, 2.75) is 6.92 Å². The van der Waals surface area contributed by atoms with Crippen LogP contribution in [-0.2, 0) is 9.53 Å². The van der Waals surface area contributed by atoms with Crippen molar-refractivity contribution in [3.63, 3.8) is 0 Å². The van der Waals surface area contributed by atoms with Crippen LogP contribution in [0.3, 0.4) is 0 Å². The molecule has 1 aliphatic rings. The van der Waals surface area contributed by atoms with E-state index in [9.17, 15) is 14.4 Å². The van der Waals surface area contributed by atoms with Crippen LogP contribution in [0.2, 0.25) is 0 Å². The van der Waals surface area contributed by atoms with Crippen LogP contribution in [0.15, 0.2) is 66.2 Å². The highest BCUT2D eigenvalue weighted by Crippen LogP contribution is 2.32. The minimum atomic E-state index is -0.699. The van der Waals surface area contributed by atoms with Gasteiger partial charge in [0.05, 0.1) is 12.3 Å². The fourth-order valence-corrected chi connectivity index (χ4v) is 3.50. The smallest absolute Gasteiger partial charge is 0.348 e. The number of nitrogens with zero attached hydrogens (tertiary/aromatic N) is 2. The SMILES string of the molecule is CCOC(=O)C(C#N)=Cc1ccc(N2C(=O)c3cccc4cccc(c34)C2=O)cc1. The second-order valence-corrected chi connectivity index (χ2v) is 6.64. The van der Waals surface area contributed by atoms with Gasteiger partial charge in [-0.25, -0.2) is 9.69 Å². The molecule has 0 aliphatic carbocycles. The summed E-state index contributed by atoms with van der Waals surface area (Å²) in [7, 11) is 0. The van der Waals surface area contributed by atoms with Gasteiger partial charge in [0.25, 0.3) is 11.8 Å². The number of ether oxygens (including phenoxy) is 1. The van der Waals surface area contributed by atoms with E-state index in [-0.39, 0.29) is 12.2 Å². The first-order valence-electron chi connectivity index (χ1n) is 9.34. The number of hydrogen-bond acceptors (Lipinski definition) is 5. The van der Waals surface area contributed by atoms with Gasteiger partial charge >= 0.3 is 5.97 Å². The van der Waals surface area contributed by atoms with Gasteiger partial charge in [0.1, 0.15) is 11.6 Å². The van der Waals surface area contributed by atoms with Gasteiger partial charge in [0.15, 0.2) is 0 Å². The van der Waals surface area contributed by atoms with Crippen molar-refractivity contribution in [3.8, 4) is 6.07 Å². The molecule has 3 aromatic rings. The number of anilines is 1. The lowest BCUT2D eigenvalue weighted by atomic mass is 9.93. The Morgan fingerprint density at radius 1 is 1.00 bits per heavy atom. The van der Waals surface area contributed by atoms with Crippen LogP contribution < -0.4 is 4.90 Å². The number of rotatable bonds is 4. The molecular weight excluding hydrogens is 380 g/mol. The zero-order valence-electron chi connectivity index (χ0n) is 16.1. The Bertz CT molecular complexity index is 1220. The summed E-state index contributed by atoms with van der Waals surface area (Å²) in [6, 6.07) is 19.0. The molecule has 0 aromatic heterocycles. The number of hydrogen-bond donors (Lipinski definition) is 0. The molecule has 0 N–H and O–H groups in total. The predicted molar refractivity (Wildman–Crippen MR) is 112 cm³/mol. The average molecular weight is 396 g/mol. The molecule has 4 rings (SSSR count). The van der Waals surface area contributed by atoms with Crippen molar-refractivity contribution in [1.82, 2.24) is 0 Å². The molecule has 0 fully saturated rings. The fraction of sp³-hybridized carbons (Fsp3) is 0.0833. The molecule has 3 aromatic carbocycles. The van der Waals surface area contributed by atoms with E-state index in [2.05, 4.69) is 0 Å². The van der Waals surface area contributed by atoms with E-state index in [0.29, 0.717) is 27.8 Å². The molecule has 0 spiro atoms. The summed E-state index contributed by atoms with van der Waals surface area (Å²) in [6.45, 7) is 1.83. The van der Waals surface area contributed by atoms with Crippen molar-refractivity contribution in [2.24, 2.45) is 0 Å². The minimum Gasteiger partial charge on any atom is -0.462 e. The molecule has 146 valence electrons. The summed E-state index contributed by atoms with van der Waals surface area (Å²) < 4.78 is 4.85. The third-order valence-corrected chi connectivity index (χ3v) is 4.85. The first-order valence-corrected chi connectivity index (χ1v) is 9.34. The van der Waals surface area contributed by atoms with Gasteiger partial charge in [0, 0.05) is 16.5 Å². The zero-order chi connectivity index (χ0) is 21.3. The molecule has 1 heterocycles. The lowest BCUT2D eigenvalue weighted by molar-refractivity contribution is -0.137. The van der Waals surface area contributed by atoms with Crippen LogP contribution >= 0.6 is 0 Å². The largest absolute Gasteiger partial charge is 0.462 e. The molecule has 0 unspecified atom stereocenters. The first kappa shape index (κ1) is 19.1. The Morgan fingerprint density at radius 3 is 2.13 bits per heavy atom. The third-order valence-electron chi connectivity index (χ3n) is 4.85. The molecule has 30 heavy (non-hydrogen) atoms. The highest BCUT2D eigenvalue weighted by molar-refractivity contribution is 6.35. The minimum absolute atomic E-state index is 0.129. The van der Waals surface area contributed by atoms with Gasteiger partial charge in [-0.3, -0.25) is 9.59 Å². The topological polar surface area (TPSA) is 87.5 Å². The summed E-state index contributed by atoms with van der Waals surface area (Å²) in [5, 5.41) is 10.7. The van der Waals surface area contributed by atoms with E-state index in [0.717, 1.165) is 10.3 Å². The Kier molecular flexibility index (Phi) is 4.87. The molecule has 0 saturated carbocycles. The first-order chi connectivity index (χ1) is 14.5. The number of benzene rings is 3. The number of amides is 2. The van der Waals surface area contributed by atoms with Crippen LogP contribution in [0, 0.1) is 11.3 Å². The van der Waals surface area contributed by atoms with E-state index in [1.165, 1.54) is 6.08 Å². The lowest BCUT2D eigenvalue weighted by Crippen LogP contribution is -2.40.